The van der Waals surface area contributed by atoms with Crippen LogP contribution in [0.25, 0.3) is 0 Å². The van der Waals surface area contributed by atoms with Gasteiger partial charge in [0.25, 0.3) is 0 Å². The molecule has 1 heterocycles. The Labute approximate surface area is 134 Å². The van der Waals surface area contributed by atoms with Crippen LogP contribution in [0.3, 0.4) is 0 Å². The molecule has 0 unspecified atom stereocenters. The van der Waals surface area contributed by atoms with Crippen molar-refractivity contribution in [3.8, 4) is 0 Å². The molecule has 0 spiro atoms. The number of benzene rings is 1. The molecule has 2 rings (SSSR count). The molecule has 2 nitrogen and oxygen atoms in total. The number of halogens is 2. The average molecular weight is 329 g/mol. The third-order valence-corrected chi connectivity index (χ3v) is 4.50. The molecule has 2 aromatic rings. The maximum Gasteiger partial charge on any atom is 0.0982 e. The van der Waals surface area contributed by atoms with E-state index >= 15 is 0 Å². The third kappa shape index (κ3) is 4.45. The van der Waals surface area contributed by atoms with E-state index in [9.17, 15) is 0 Å². The van der Waals surface area contributed by atoms with Crippen molar-refractivity contribution >= 4 is 34.5 Å². The third-order valence-electron chi connectivity index (χ3n) is 2.75. The highest BCUT2D eigenvalue weighted by Crippen LogP contribution is 2.25. The molecule has 5 heteroatoms. The fraction of sp³-hybridized carbons (Fsp3) is 0.400. The van der Waals surface area contributed by atoms with Crippen LogP contribution in [-0.4, -0.2) is 4.98 Å². The first-order valence-corrected chi connectivity index (χ1v) is 8.09. The van der Waals surface area contributed by atoms with Gasteiger partial charge < -0.3 is 5.32 Å². The van der Waals surface area contributed by atoms with Gasteiger partial charge in [-0.1, -0.05) is 44.0 Å². The zero-order valence-electron chi connectivity index (χ0n) is 11.8. The largest absolute Gasteiger partial charge is 0.307 e. The first-order chi connectivity index (χ1) is 9.34. The number of rotatable bonds is 4. The molecule has 0 aliphatic carbocycles. The Kier molecular flexibility index (Phi) is 5.08. The van der Waals surface area contributed by atoms with E-state index in [1.807, 2.05) is 12.1 Å². The normalized spacial score (nSPS) is 11.8. The van der Waals surface area contributed by atoms with E-state index < -0.39 is 0 Å². The van der Waals surface area contributed by atoms with Crippen LogP contribution in [0.15, 0.2) is 23.6 Å². The SMILES string of the molecule is CC(C)(C)c1nc(CNCc2cc(Cl)cc(Cl)c2)cs1. The highest BCUT2D eigenvalue weighted by Gasteiger charge is 2.17. The summed E-state index contributed by atoms with van der Waals surface area (Å²) in [4.78, 5) is 4.65. The molecule has 0 aliphatic heterocycles. The zero-order valence-corrected chi connectivity index (χ0v) is 14.2. The van der Waals surface area contributed by atoms with Crippen molar-refractivity contribution in [2.24, 2.45) is 0 Å². The Morgan fingerprint density at radius 1 is 1.10 bits per heavy atom. The monoisotopic (exact) mass is 328 g/mol. The maximum atomic E-state index is 5.98. The summed E-state index contributed by atoms with van der Waals surface area (Å²) in [5, 5.41) is 7.97. The molecule has 0 aliphatic rings. The summed E-state index contributed by atoms with van der Waals surface area (Å²) in [6.45, 7) is 8.00. The molecule has 0 atom stereocenters. The molecule has 108 valence electrons. The van der Waals surface area contributed by atoms with Crippen molar-refractivity contribution in [2.45, 2.75) is 39.3 Å². The Balaban J connectivity index is 1.91. The minimum atomic E-state index is 0.114. The summed E-state index contributed by atoms with van der Waals surface area (Å²) in [7, 11) is 0. The fourth-order valence-electron chi connectivity index (χ4n) is 1.78. The summed E-state index contributed by atoms with van der Waals surface area (Å²) in [5.41, 5.74) is 2.27. The molecular weight excluding hydrogens is 311 g/mol. The smallest absolute Gasteiger partial charge is 0.0982 e. The van der Waals surface area contributed by atoms with E-state index in [0.29, 0.717) is 10.0 Å². The van der Waals surface area contributed by atoms with Gasteiger partial charge >= 0.3 is 0 Å². The van der Waals surface area contributed by atoms with Crippen molar-refractivity contribution in [1.29, 1.82) is 0 Å². The van der Waals surface area contributed by atoms with E-state index in [1.165, 1.54) is 5.01 Å². The van der Waals surface area contributed by atoms with Crippen LogP contribution >= 0.6 is 34.5 Å². The van der Waals surface area contributed by atoms with E-state index in [0.717, 1.165) is 24.3 Å². The lowest BCUT2D eigenvalue weighted by molar-refractivity contribution is 0.579. The van der Waals surface area contributed by atoms with E-state index in [1.54, 1.807) is 17.4 Å². The summed E-state index contributed by atoms with van der Waals surface area (Å²) in [6, 6.07) is 5.58. The molecule has 1 N–H and O–H groups in total. The summed E-state index contributed by atoms with van der Waals surface area (Å²) in [5.74, 6) is 0. The summed E-state index contributed by atoms with van der Waals surface area (Å²) < 4.78 is 0. The summed E-state index contributed by atoms with van der Waals surface area (Å²) >= 11 is 13.7. The van der Waals surface area contributed by atoms with E-state index in [-0.39, 0.29) is 5.41 Å². The Hall–Kier alpha value is -0.610. The van der Waals surface area contributed by atoms with E-state index in [2.05, 4.69) is 36.5 Å². The van der Waals surface area contributed by atoms with Gasteiger partial charge in [-0.05, 0) is 23.8 Å². The molecule has 0 bridgehead atoms. The van der Waals surface area contributed by atoms with Gasteiger partial charge in [-0.25, -0.2) is 4.98 Å². The van der Waals surface area contributed by atoms with Crippen LogP contribution in [0.5, 0.6) is 0 Å². The van der Waals surface area contributed by atoms with Crippen molar-refractivity contribution in [1.82, 2.24) is 10.3 Å². The molecule has 1 aromatic heterocycles. The van der Waals surface area contributed by atoms with Crippen LogP contribution < -0.4 is 5.32 Å². The molecule has 20 heavy (non-hydrogen) atoms. The van der Waals surface area contributed by atoms with Crippen LogP contribution in [0.4, 0.5) is 0 Å². The van der Waals surface area contributed by atoms with Gasteiger partial charge in [0.05, 0.1) is 10.7 Å². The van der Waals surface area contributed by atoms with Crippen molar-refractivity contribution in [2.75, 3.05) is 0 Å². The molecule has 0 radical (unpaired) electrons. The predicted molar refractivity (Wildman–Crippen MR) is 87.8 cm³/mol. The Morgan fingerprint density at radius 3 is 2.30 bits per heavy atom. The Morgan fingerprint density at radius 2 is 1.75 bits per heavy atom. The minimum absolute atomic E-state index is 0.114. The number of nitrogens with zero attached hydrogens (tertiary/aromatic N) is 1. The molecule has 0 saturated heterocycles. The average Bonchev–Trinajstić information content (AvgIpc) is 2.76. The number of hydrogen-bond acceptors (Lipinski definition) is 3. The molecule has 0 fully saturated rings. The lowest BCUT2D eigenvalue weighted by Crippen LogP contribution is -2.14. The van der Waals surface area contributed by atoms with Crippen molar-refractivity contribution in [3.63, 3.8) is 0 Å². The molecule has 0 saturated carbocycles. The second-order valence-corrected chi connectivity index (χ2v) is 7.51. The standard InChI is InChI=1S/C15H18Cl2N2S/c1-15(2,3)14-19-13(9-20-14)8-18-7-10-4-11(16)6-12(17)5-10/h4-6,9,18H,7-8H2,1-3H3. The van der Waals surface area contributed by atoms with Gasteiger partial charge in [-0.15, -0.1) is 11.3 Å². The van der Waals surface area contributed by atoms with Gasteiger partial charge in [0, 0.05) is 33.9 Å². The molecule has 1 aromatic carbocycles. The van der Waals surface area contributed by atoms with Gasteiger partial charge in [-0.2, -0.15) is 0 Å². The maximum absolute atomic E-state index is 5.98. The van der Waals surface area contributed by atoms with Crippen LogP contribution in [0.2, 0.25) is 10.0 Å². The fourth-order valence-corrected chi connectivity index (χ4v) is 3.26. The first-order valence-electron chi connectivity index (χ1n) is 6.45. The van der Waals surface area contributed by atoms with Gasteiger partial charge in [0.15, 0.2) is 0 Å². The van der Waals surface area contributed by atoms with Crippen molar-refractivity contribution in [3.05, 3.63) is 49.9 Å². The highest BCUT2D eigenvalue weighted by molar-refractivity contribution is 7.09. The lowest BCUT2D eigenvalue weighted by Gasteiger charge is -2.13. The van der Waals surface area contributed by atoms with Gasteiger partial charge in [-0.3, -0.25) is 0 Å². The predicted octanol–water partition coefficient (Wildman–Crippen LogP) is 5.04. The molecular formula is C15H18Cl2N2S. The van der Waals surface area contributed by atoms with Crippen LogP contribution in [0.1, 0.15) is 37.0 Å². The molecule has 0 amide bonds. The lowest BCUT2D eigenvalue weighted by atomic mass is 9.98. The number of thiazole rings is 1. The Bertz CT molecular complexity index is 568. The van der Waals surface area contributed by atoms with Crippen LogP contribution in [-0.2, 0) is 18.5 Å². The second kappa shape index (κ2) is 6.44. The van der Waals surface area contributed by atoms with Crippen LogP contribution in [0, 0.1) is 0 Å². The van der Waals surface area contributed by atoms with Gasteiger partial charge in [0.2, 0.25) is 0 Å². The zero-order chi connectivity index (χ0) is 14.8. The van der Waals surface area contributed by atoms with Gasteiger partial charge in [0.1, 0.15) is 0 Å². The number of nitrogens with one attached hydrogen (secondary N) is 1. The quantitative estimate of drug-likeness (QED) is 0.850. The number of aromatic nitrogens is 1. The first kappa shape index (κ1) is 15.8. The highest BCUT2D eigenvalue weighted by atomic mass is 35.5. The number of hydrogen-bond donors (Lipinski definition) is 1. The minimum Gasteiger partial charge on any atom is -0.307 e. The van der Waals surface area contributed by atoms with E-state index in [4.69, 9.17) is 23.2 Å². The summed E-state index contributed by atoms with van der Waals surface area (Å²) in [6.07, 6.45) is 0. The topological polar surface area (TPSA) is 24.9 Å². The second-order valence-electron chi connectivity index (χ2n) is 5.78. The van der Waals surface area contributed by atoms with Crippen molar-refractivity contribution < 1.29 is 0 Å².